The monoisotopic (exact) mass is 882 g/mol. The van der Waals surface area contributed by atoms with Gasteiger partial charge >= 0.3 is 0 Å². The minimum atomic E-state index is -1.99. The van der Waals surface area contributed by atoms with E-state index in [0.717, 1.165) is 33.3 Å². The molecule has 3 aromatic heterocycles. The van der Waals surface area contributed by atoms with Crippen LogP contribution in [-0.4, -0.2) is 34.0 Å². The van der Waals surface area contributed by atoms with Crippen LogP contribution in [0.3, 0.4) is 0 Å². The van der Waals surface area contributed by atoms with Gasteiger partial charge in [-0.3, -0.25) is 0 Å². The Morgan fingerprint density at radius 1 is 0.354 bits per heavy atom. The van der Waals surface area contributed by atoms with Gasteiger partial charge in [0.15, 0.2) is 0 Å². The summed E-state index contributed by atoms with van der Waals surface area (Å²) in [6, 6.07) is 68.1. The Kier molecular flexibility index (Phi) is 7.56. The van der Waals surface area contributed by atoms with Gasteiger partial charge in [0.05, 0.1) is 33.8 Å². The second-order valence-electron chi connectivity index (χ2n) is 19.0. The first-order valence-corrected chi connectivity index (χ1v) is 29.3. The van der Waals surface area contributed by atoms with E-state index in [1.165, 1.54) is 110 Å². The lowest BCUT2D eigenvalue weighted by Crippen LogP contribution is -2.49. The summed E-state index contributed by atoms with van der Waals surface area (Å²) in [5.74, 6) is 0. The Balaban J connectivity index is 0.859. The van der Waals surface area contributed by atoms with Gasteiger partial charge in [-0.1, -0.05) is 172 Å². The second-order valence-corrected chi connectivity index (χ2v) is 28.1. The molecular formula is C58H42N4SSi2. The lowest BCUT2D eigenvalue weighted by atomic mass is 9.97. The third-order valence-corrected chi connectivity index (χ3v) is 22.6. The first-order valence-electron chi connectivity index (χ1n) is 22.6. The van der Waals surface area contributed by atoms with Crippen LogP contribution in [0.2, 0.25) is 26.2 Å². The highest BCUT2D eigenvalue weighted by Gasteiger charge is 2.41. The topological polar surface area (TPSA) is 35.6 Å². The van der Waals surface area contributed by atoms with Crippen LogP contribution in [-0.2, 0) is 0 Å². The van der Waals surface area contributed by atoms with E-state index < -0.39 is 16.1 Å². The summed E-state index contributed by atoms with van der Waals surface area (Å²) >= 11 is 1.29. The summed E-state index contributed by atoms with van der Waals surface area (Å²) in [4.78, 5) is 0. The Morgan fingerprint density at radius 2 is 0.738 bits per heavy atom. The van der Waals surface area contributed by atoms with Gasteiger partial charge in [-0.2, -0.15) is 8.75 Å². The molecule has 14 rings (SSSR count). The number of hydrogen-bond donors (Lipinski definition) is 0. The molecule has 308 valence electrons. The van der Waals surface area contributed by atoms with Crippen LogP contribution in [0, 0.1) is 0 Å². The zero-order valence-corrected chi connectivity index (χ0v) is 39.3. The molecule has 0 amide bonds. The summed E-state index contributed by atoms with van der Waals surface area (Å²) in [7, 11) is -3.97. The van der Waals surface area contributed by atoms with Crippen molar-refractivity contribution in [3.8, 4) is 55.9 Å². The predicted octanol–water partition coefficient (Wildman–Crippen LogP) is 12.8. The smallest absolute Gasteiger partial charge is 0.116 e. The highest BCUT2D eigenvalue weighted by atomic mass is 32.1. The molecule has 2 aliphatic heterocycles. The number of hydrogen-bond acceptors (Lipinski definition) is 3. The summed E-state index contributed by atoms with van der Waals surface area (Å²) < 4.78 is 14.9. The molecule has 4 nitrogen and oxygen atoms in total. The Morgan fingerprint density at radius 3 is 1.18 bits per heavy atom. The van der Waals surface area contributed by atoms with Crippen LogP contribution in [0.5, 0.6) is 0 Å². The van der Waals surface area contributed by atoms with Gasteiger partial charge < -0.3 is 9.13 Å². The summed E-state index contributed by atoms with van der Waals surface area (Å²) in [6.45, 7) is 10.1. The lowest BCUT2D eigenvalue weighted by Gasteiger charge is -2.21. The fraction of sp³-hybridized carbons (Fsp3) is 0.0690. The highest BCUT2D eigenvalue weighted by molar-refractivity contribution is 7.05. The van der Waals surface area contributed by atoms with Gasteiger partial charge in [-0.25, -0.2) is 0 Å². The maximum atomic E-state index is 4.93. The maximum absolute atomic E-state index is 4.93. The third-order valence-electron chi connectivity index (χ3n) is 15.0. The average molecular weight is 883 g/mol. The standard InChI is InChI=1S/C58H42N4SSi2/c1-64(2)51-19-11-7-15-43(51)47-33-31-45-41-13-5-9-17-49(41)61(55(45)57(47)64)37-25-21-35(22-26-37)39-29-30-40(54-53(39)59-63-60-54)36-23-27-38(28-24-36)62-50-18-10-6-14-42(50)46-32-34-48-44-16-8-12-20-52(44)65(3,4)58(48)56(46)62/h5-34H,1-4H3. The molecule has 0 fully saturated rings. The molecule has 9 aromatic carbocycles. The molecule has 0 unspecified atom stereocenters. The van der Waals surface area contributed by atoms with Gasteiger partial charge in [-0.05, 0) is 90.5 Å². The van der Waals surface area contributed by atoms with E-state index >= 15 is 0 Å². The fourth-order valence-electron chi connectivity index (χ4n) is 12.1. The molecule has 2 aliphatic rings. The van der Waals surface area contributed by atoms with Crippen LogP contribution in [0.15, 0.2) is 182 Å². The second kappa shape index (κ2) is 13.2. The van der Waals surface area contributed by atoms with Gasteiger partial charge in [0, 0.05) is 44.0 Å². The van der Waals surface area contributed by atoms with E-state index in [2.05, 4.69) is 217 Å². The molecule has 0 saturated heterocycles. The van der Waals surface area contributed by atoms with Gasteiger partial charge in [0.2, 0.25) is 0 Å². The molecule has 0 spiro atoms. The Hall–Kier alpha value is -7.17. The van der Waals surface area contributed by atoms with Crippen LogP contribution in [0.4, 0.5) is 0 Å². The van der Waals surface area contributed by atoms with Crippen molar-refractivity contribution in [3.05, 3.63) is 182 Å². The van der Waals surface area contributed by atoms with Crippen LogP contribution >= 0.6 is 11.7 Å². The molecular weight excluding hydrogens is 841 g/mol. The molecule has 0 saturated carbocycles. The van der Waals surface area contributed by atoms with E-state index in [1.54, 1.807) is 0 Å². The van der Waals surface area contributed by atoms with Crippen molar-refractivity contribution in [2.24, 2.45) is 0 Å². The van der Waals surface area contributed by atoms with E-state index in [9.17, 15) is 0 Å². The summed E-state index contributed by atoms with van der Waals surface area (Å²) in [6.07, 6.45) is 0. The maximum Gasteiger partial charge on any atom is 0.116 e. The molecule has 0 N–H and O–H groups in total. The highest BCUT2D eigenvalue weighted by Crippen LogP contribution is 2.42. The summed E-state index contributed by atoms with van der Waals surface area (Å²) in [5.41, 5.74) is 19.4. The van der Waals surface area contributed by atoms with Gasteiger partial charge in [0.1, 0.15) is 27.2 Å². The fourth-order valence-corrected chi connectivity index (χ4v) is 19.5. The first-order chi connectivity index (χ1) is 31.8. The zero-order chi connectivity index (χ0) is 43.3. The van der Waals surface area contributed by atoms with Crippen molar-refractivity contribution in [1.82, 2.24) is 17.9 Å². The minimum Gasteiger partial charge on any atom is -0.309 e. The molecule has 65 heavy (non-hydrogen) atoms. The van der Waals surface area contributed by atoms with Crippen molar-refractivity contribution in [3.63, 3.8) is 0 Å². The van der Waals surface area contributed by atoms with Crippen molar-refractivity contribution in [2.45, 2.75) is 26.2 Å². The molecule has 0 radical (unpaired) electrons. The van der Waals surface area contributed by atoms with Crippen molar-refractivity contribution in [2.75, 3.05) is 0 Å². The number of fused-ring (bicyclic) bond motifs is 15. The Labute approximate surface area is 383 Å². The summed E-state index contributed by atoms with van der Waals surface area (Å²) in [5, 5.41) is 11.4. The van der Waals surface area contributed by atoms with Crippen LogP contribution in [0.25, 0.3) is 111 Å². The van der Waals surface area contributed by atoms with E-state index in [0.29, 0.717) is 0 Å². The van der Waals surface area contributed by atoms with Crippen molar-refractivity contribution < 1.29 is 0 Å². The van der Waals surface area contributed by atoms with Gasteiger partial charge in [0.25, 0.3) is 0 Å². The average Bonchev–Trinajstić information content (AvgIpc) is 4.14. The molecule has 0 bridgehead atoms. The van der Waals surface area contributed by atoms with E-state index in [1.807, 2.05) is 0 Å². The zero-order valence-electron chi connectivity index (χ0n) is 36.5. The first kappa shape index (κ1) is 37.2. The van der Waals surface area contributed by atoms with E-state index in [-0.39, 0.29) is 0 Å². The number of benzene rings is 9. The molecule has 5 heterocycles. The number of aromatic nitrogens is 4. The largest absolute Gasteiger partial charge is 0.309 e. The number of para-hydroxylation sites is 2. The van der Waals surface area contributed by atoms with Crippen LogP contribution < -0.4 is 20.7 Å². The molecule has 7 heteroatoms. The van der Waals surface area contributed by atoms with Crippen molar-refractivity contribution >= 4 is 103 Å². The number of rotatable bonds is 4. The van der Waals surface area contributed by atoms with Gasteiger partial charge in [-0.15, -0.1) is 0 Å². The van der Waals surface area contributed by atoms with E-state index in [4.69, 9.17) is 8.75 Å². The molecule has 0 aliphatic carbocycles. The van der Waals surface area contributed by atoms with Crippen LogP contribution in [0.1, 0.15) is 0 Å². The SMILES string of the molecule is C[Si]1(C)c2ccccc2-c2ccc3c4ccccc4n(-c4ccc(-c5ccc(-c6ccc(-n7c8ccccc8c8ccc9c(c87)[Si](C)(C)c7ccccc7-9)cc6)c6nsnc56)cc4)c3c21. The number of nitrogens with zero attached hydrogens (tertiary/aromatic N) is 4. The lowest BCUT2D eigenvalue weighted by molar-refractivity contribution is 1.18. The minimum absolute atomic E-state index is 0.939. The third kappa shape index (κ3) is 4.95. The molecule has 12 aromatic rings. The quantitative estimate of drug-likeness (QED) is 0.165. The Bertz CT molecular complexity index is 3740. The molecule has 0 atom stereocenters. The predicted molar refractivity (Wildman–Crippen MR) is 281 cm³/mol. The van der Waals surface area contributed by atoms with Crippen molar-refractivity contribution in [1.29, 1.82) is 0 Å². The normalized spacial score (nSPS) is 14.4.